The summed E-state index contributed by atoms with van der Waals surface area (Å²) in [5, 5.41) is 0.626. The Morgan fingerprint density at radius 2 is 1.50 bits per heavy atom. The summed E-state index contributed by atoms with van der Waals surface area (Å²) in [5.41, 5.74) is 2.44. The van der Waals surface area contributed by atoms with Crippen LogP contribution in [0.25, 0.3) is 0 Å². The molecule has 0 radical (unpaired) electrons. The minimum absolute atomic E-state index is 0.309. The van der Waals surface area contributed by atoms with Crippen LogP contribution in [-0.4, -0.2) is 50.2 Å². The Morgan fingerprint density at radius 3 is 2.32 bits per heavy atom. The van der Waals surface area contributed by atoms with E-state index in [-0.39, 0.29) is 0 Å². The first-order valence-electron chi connectivity index (χ1n) is 12.5. The SMILES string of the molecule is O=S(=O)(c1ccccc1)c1ccccc1CN1CCN(C2=Nc3ccccc3Oc3ccc(Cl)cc32)CC1. The van der Waals surface area contributed by atoms with Crippen molar-refractivity contribution in [1.29, 1.82) is 0 Å². The Kier molecular flexibility index (Phi) is 6.66. The molecule has 0 saturated carbocycles. The Bertz CT molecular complexity index is 1620. The number of aliphatic imine (C=N–C) groups is 1. The van der Waals surface area contributed by atoms with Crippen LogP contribution in [0.1, 0.15) is 11.1 Å². The number of hydrogen-bond donors (Lipinski definition) is 0. The van der Waals surface area contributed by atoms with Crippen LogP contribution in [0.3, 0.4) is 0 Å². The van der Waals surface area contributed by atoms with Crippen molar-refractivity contribution < 1.29 is 13.2 Å². The molecule has 8 heteroatoms. The quantitative estimate of drug-likeness (QED) is 0.308. The molecule has 0 spiro atoms. The number of sulfone groups is 1. The molecular formula is C30H26ClN3O3S. The van der Waals surface area contributed by atoms with E-state index < -0.39 is 9.84 Å². The van der Waals surface area contributed by atoms with Crippen LogP contribution in [0.4, 0.5) is 5.69 Å². The van der Waals surface area contributed by atoms with E-state index in [4.69, 9.17) is 21.3 Å². The fourth-order valence-electron chi connectivity index (χ4n) is 4.92. The number of benzene rings is 4. The fourth-order valence-corrected chi connectivity index (χ4v) is 6.59. The molecule has 2 aliphatic rings. The summed E-state index contributed by atoms with van der Waals surface area (Å²) in [4.78, 5) is 10.2. The maximum atomic E-state index is 13.4. The summed E-state index contributed by atoms with van der Waals surface area (Å²) in [6, 6.07) is 29.2. The summed E-state index contributed by atoms with van der Waals surface area (Å²) in [6.07, 6.45) is 0. The number of piperazine rings is 1. The van der Waals surface area contributed by atoms with E-state index in [0.717, 1.165) is 54.6 Å². The first kappa shape index (κ1) is 24.7. The molecule has 4 aromatic rings. The van der Waals surface area contributed by atoms with Crippen molar-refractivity contribution in [2.75, 3.05) is 26.2 Å². The maximum absolute atomic E-state index is 13.4. The smallest absolute Gasteiger partial charge is 0.206 e. The normalized spacial score (nSPS) is 15.6. The van der Waals surface area contributed by atoms with Crippen molar-refractivity contribution in [1.82, 2.24) is 9.80 Å². The van der Waals surface area contributed by atoms with Crippen LogP contribution in [0.2, 0.25) is 5.02 Å². The third-order valence-electron chi connectivity index (χ3n) is 6.88. The molecule has 0 unspecified atom stereocenters. The second kappa shape index (κ2) is 10.3. The first-order chi connectivity index (χ1) is 18.5. The molecular weight excluding hydrogens is 518 g/mol. The van der Waals surface area contributed by atoms with Crippen LogP contribution >= 0.6 is 11.6 Å². The fraction of sp³-hybridized carbons (Fsp3) is 0.167. The summed E-state index contributed by atoms with van der Waals surface area (Å²) in [5.74, 6) is 2.26. The minimum atomic E-state index is -3.60. The lowest BCUT2D eigenvalue weighted by atomic mass is 10.1. The van der Waals surface area contributed by atoms with Gasteiger partial charge in [0.05, 0.1) is 15.4 Å². The van der Waals surface area contributed by atoms with E-state index in [9.17, 15) is 8.42 Å². The molecule has 1 saturated heterocycles. The third kappa shape index (κ3) is 4.80. The molecule has 2 aliphatic heterocycles. The average molecular weight is 544 g/mol. The molecule has 192 valence electrons. The third-order valence-corrected chi connectivity index (χ3v) is 8.98. The Morgan fingerprint density at radius 1 is 0.789 bits per heavy atom. The van der Waals surface area contributed by atoms with Crippen LogP contribution in [0.5, 0.6) is 11.5 Å². The molecule has 0 atom stereocenters. The summed E-state index contributed by atoms with van der Waals surface area (Å²) >= 11 is 6.37. The number of halogens is 1. The van der Waals surface area contributed by atoms with Crippen molar-refractivity contribution in [3.05, 3.63) is 113 Å². The first-order valence-corrected chi connectivity index (χ1v) is 14.4. The lowest BCUT2D eigenvalue weighted by Gasteiger charge is -2.36. The van der Waals surface area contributed by atoms with Crippen LogP contribution in [-0.2, 0) is 16.4 Å². The van der Waals surface area contributed by atoms with Gasteiger partial charge in [-0.15, -0.1) is 0 Å². The minimum Gasteiger partial charge on any atom is -0.454 e. The Balaban J connectivity index is 1.24. The standard InChI is InChI=1S/C30H26ClN3O3S/c31-23-14-15-27-25(20-23)30(32-26-11-5-6-12-28(26)37-27)34-18-16-33(17-19-34)21-22-8-4-7-13-29(22)38(35,36)24-9-2-1-3-10-24/h1-15,20H,16-19,21H2. The Hall–Kier alpha value is -3.65. The van der Waals surface area contributed by atoms with Gasteiger partial charge in [-0.3, -0.25) is 4.90 Å². The summed E-state index contributed by atoms with van der Waals surface area (Å²) in [7, 11) is -3.60. The highest BCUT2D eigenvalue weighted by Gasteiger charge is 2.27. The second-order valence-electron chi connectivity index (χ2n) is 9.33. The van der Waals surface area contributed by atoms with Crippen LogP contribution in [0, 0.1) is 0 Å². The predicted octanol–water partition coefficient (Wildman–Crippen LogP) is 6.17. The van der Waals surface area contributed by atoms with Crippen molar-refractivity contribution in [3.8, 4) is 11.5 Å². The van der Waals surface area contributed by atoms with Crippen molar-refractivity contribution >= 4 is 33.0 Å². The zero-order valence-electron chi connectivity index (χ0n) is 20.6. The van der Waals surface area contributed by atoms with Gasteiger partial charge >= 0.3 is 0 Å². The van der Waals surface area contributed by atoms with E-state index in [2.05, 4.69) is 9.80 Å². The highest BCUT2D eigenvalue weighted by molar-refractivity contribution is 7.91. The lowest BCUT2D eigenvalue weighted by Crippen LogP contribution is -2.48. The summed E-state index contributed by atoms with van der Waals surface area (Å²) in [6.45, 7) is 3.55. The number of para-hydroxylation sites is 2. The lowest BCUT2D eigenvalue weighted by molar-refractivity contribution is 0.174. The van der Waals surface area contributed by atoms with Gasteiger partial charge < -0.3 is 9.64 Å². The van der Waals surface area contributed by atoms with Gasteiger partial charge in [0, 0.05) is 37.7 Å². The number of rotatable bonds is 4. The van der Waals surface area contributed by atoms with Gasteiger partial charge in [-0.25, -0.2) is 13.4 Å². The van der Waals surface area contributed by atoms with Gasteiger partial charge in [-0.2, -0.15) is 0 Å². The van der Waals surface area contributed by atoms with E-state index in [1.54, 1.807) is 36.4 Å². The molecule has 6 nitrogen and oxygen atoms in total. The highest BCUT2D eigenvalue weighted by Crippen LogP contribution is 2.39. The zero-order valence-corrected chi connectivity index (χ0v) is 22.2. The number of nitrogens with zero attached hydrogens (tertiary/aromatic N) is 3. The molecule has 0 aromatic heterocycles. The van der Waals surface area contributed by atoms with Crippen LogP contribution in [0.15, 0.2) is 112 Å². The number of hydrogen-bond acceptors (Lipinski definition) is 6. The van der Waals surface area contributed by atoms with E-state index >= 15 is 0 Å². The van der Waals surface area contributed by atoms with Crippen molar-refractivity contribution in [2.45, 2.75) is 16.3 Å². The number of ether oxygens (including phenoxy) is 1. The van der Waals surface area contributed by atoms with E-state index in [1.807, 2.05) is 60.7 Å². The van der Waals surface area contributed by atoms with Gasteiger partial charge in [-0.05, 0) is 54.1 Å². The summed E-state index contributed by atoms with van der Waals surface area (Å²) < 4.78 is 32.9. The van der Waals surface area contributed by atoms with Gasteiger partial charge in [0.25, 0.3) is 0 Å². The van der Waals surface area contributed by atoms with E-state index in [1.165, 1.54) is 0 Å². The predicted molar refractivity (Wildman–Crippen MR) is 149 cm³/mol. The van der Waals surface area contributed by atoms with Gasteiger partial charge in [-0.1, -0.05) is 60.1 Å². The topological polar surface area (TPSA) is 62.2 Å². The molecule has 6 rings (SSSR count). The molecule has 4 aromatic carbocycles. The van der Waals surface area contributed by atoms with Crippen molar-refractivity contribution in [2.24, 2.45) is 4.99 Å². The number of fused-ring (bicyclic) bond motifs is 2. The molecule has 0 bridgehead atoms. The monoisotopic (exact) mass is 543 g/mol. The largest absolute Gasteiger partial charge is 0.454 e. The highest BCUT2D eigenvalue weighted by atomic mass is 35.5. The van der Waals surface area contributed by atoms with Crippen LogP contribution < -0.4 is 4.74 Å². The van der Waals surface area contributed by atoms with Gasteiger partial charge in [0.2, 0.25) is 9.84 Å². The molecule has 0 N–H and O–H groups in total. The van der Waals surface area contributed by atoms with Crippen molar-refractivity contribution in [3.63, 3.8) is 0 Å². The molecule has 0 aliphatic carbocycles. The van der Waals surface area contributed by atoms with Gasteiger partial charge in [0.1, 0.15) is 17.3 Å². The second-order valence-corrected chi connectivity index (χ2v) is 11.7. The molecule has 0 amide bonds. The zero-order chi connectivity index (χ0) is 26.1. The van der Waals surface area contributed by atoms with Gasteiger partial charge in [0.15, 0.2) is 5.75 Å². The molecule has 38 heavy (non-hydrogen) atoms. The molecule has 2 heterocycles. The average Bonchev–Trinajstić information content (AvgIpc) is 3.11. The Labute approximate surface area is 227 Å². The number of amidine groups is 1. The van der Waals surface area contributed by atoms with E-state index in [0.29, 0.717) is 27.1 Å². The maximum Gasteiger partial charge on any atom is 0.206 e. The molecule has 1 fully saturated rings.